The Morgan fingerprint density at radius 3 is 1.22 bits per heavy atom. The first-order valence-corrected chi connectivity index (χ1v) is 20.6. The van der Waals surface area contributed by atoms with Crippen molar-refractivity contribution in [3.63, 3.8) is 0 Å². The Hall–Kier alpha value is -4.52. The van der Waals surface area contributed by atoms with Gasteiger partial charge in [-0.05, 0) is 40.7 Å². The van der Waals surface area contributed by atoms with Crippen molar-refractivity contribution in [2.75, 3.05) is 19.8 Å². The van der Waals surface area contributed by atoms with E-state index in [0.29, 0.717) is 39.6 Å². The van der Waals surface area contributed by atoms with Gasteiger partial charge in [-0.15, -0.1) is 6.58 Å². The highest BCUT2D eigenvalue weighted by atomic mass is 16.8. The maximum atomic E-state index is 7.08. The van der Waals surface area contributed by atoms with Gasteiger partial charge in [0.2, 0.25) is 0 Å². The van der Waals surface area contributed by atoms with Crippen LogP contribution in [0.3, 0.4) is 0 Å². The SMILES string of the molecule is C=CCCCO[C@H]1O[C@H](COCc2ccccc2)[C@@H](OCc2ccccc2)[C@@H]1O[C@H]1O[C@H](COCc2ccccc2)[C@@H](OCc2ccccc2)[C@@H]1OCc1ccccc1. The van der Waals surface area contributed by atoms with Crippen molar-refractivity contribution < 1.29 is 42.6 Å². The maximum Gasteiger partial charge on any atom is 0.187 e. The average molecular weight is 801 g/mol. The third-order valence-corrected chi connectivity index (χ3v) is 10.3. The van der Waals surface area contributed by atoms with Crippen molar-refractivity contribution in [1.29, 1.82) is 0 Å². The molecule has 2 fully saturated rings. The van der Waals surface area contributed by atoms with E-state index in [4.69, 9.17) is 42.6 Å². The van der Waals surface area contributed by atoms with Crippen LogP contribution >= 0.6 is 0 Å². The number of rotatable bonds is 24. The highest BCUT2D eigenvalue weighted by Crippen LogP contribution is 2.36. The molecule has 2 aliphatic heterocycles. The van der Waals surface area contributed by atoms with E-state index in [-0.39, 0.29) is 13.2 Å². The topological polar surface area (TPSA) is 83.1 Å². The zero-order chi connectivity index (χ0) is 40.3. The van der Waals surface area contributed by atoms with Crippen LogP contribution < -0.4 is 0 Å². The Bertz CT molecular complexity index is 1880. The molecule has 0 aromatic heterocycles. The number of hydrogen-bond donors (Lipinski definition) is 0. The smallest absolute Gasteiger partial charge is 0.187 e. The third kappa shape index (κ3) is 13.0. The lowest BCUT2D eigenvalue weighted by Crippen LogP contribution is -2.46. The van der Waals surface area contributed by atoms with Gasteiger partial charge in [-0.2, -0.15) is 0 Å². The lowest BCUT2D eigenvalue weighted by Gasteiger charge is -2.30. The normalized spacial score (nSPS) is 24.0. The molecule has 0 radical (unpaired) electrons. The van der Waals surface area contributed by atoms with Crippen LogP contribution in [-0.2, 0) is 75.7 Å². The first-order chi connectivity index (χ1) is 29.2. The second kappa shape index (κ2) is 23.3. The van der Waals surface area contributed by atoms with Gasteiger partial charge in [-0.3, -0.25) is 0 Å². The van der Waals surface area contributed by atoms with Crippen LogP contribution in [0.1, 0.15) is 40.7 Å². The van der Waals surface area contributed by atoms with Gasteiger partial charge in [0.05, 0.1) is 52.9 Å². The molecule has 0 saturated carbocycles. The fraction of sp³-hybridized carbons (Fsp3) is 0.360. The molecule has 0 bridgehead atoms. The van der Waals surface area contributed by atoms with Crippen molar-refractivity contribution >= 4 is 0 Å². The summed E-state index contributed by atoms with van der Waals surface area (Å²) in [5, 5.41) is 0. The molecule has 0 unspecified atom stereocenters. The van der Waals surface area contributed by atoms with Crippen LogP contribution in [-0.4, -0.2) is 69.0 Å². The van der Waals surface area contributed by atoms with Crippen molar-refractivity contribution in [2.45, 2.75) is 95.1 Å². The van der Waals surface area contributed by atoms with E-state index in [2.05, 4.69) is 6.58 Å². The minimum absolute atomic E-state index is 0.256. The van der Waals surface area contributed by atoms with Crippen molar-refractivity contribution in [2.24, 2.45) is 0 Å². The summed E-state index contributed by atoms with van der Waals surface area (Å²) in [5.74, 6) is 0. The molecule has 2 heterocycles. The highest BCUT2D eigenvalue weighted by Gasteiger charge is 2.53. The average Bonchev–Trinajstić information content (AvgIpc) is 3.79. The summed E-state index contributed by atoms with van der Waals surface area (Å²) in [5.41, 5.74) is 5.21. The molecule has 0 amide bonds. The summed E-state index contributed by atoms with van der Waals surface area (Å²) in [6.07, 6.45) is -1.68. The van der Waals surface area contributed by atoms with Crippen LogP contribution in [0.15, 0.2) is 164 Å². The van der Waals surface area contributed by atoms with Gasteiger partial charge in [-0.25, -0.2) is 0 Å². The van der Waals surface area contributed by atoms with Gasteiger partial charge in [-0.1, -0.05) is 158 Å². The number of hydrogen-bond acceptors (Lipinski definition) is 9. The Labute approximate surface area is 348 Å². The molecular formula is C50H56O9. The van der Waals surface area contributed by atoms with Crippen molar-refractivity contribution in [3.05, 3.63) is 192 Å². The number of benzene rings is 5. The summed E-state index contributed by atoms with van der Waals surface area (Å²) >= 11 is 0. The minimum atomic E-state index is -0.885. The summed E-state index contributed by atoms with van der Waals surface area (Å²) in [4.78, 5) is 0. The van der Waals surface area contributed by atoms with Gasteiger partial charge >= 0.3 is 0 Å². The molecule has 5 aromatic carbocycles. The number of allylic oxidation sites excluding steroid dienone is 1. The lowest BCUT2D eigenvalue weighted by atomic mass is 10.1. The second-order valence-electron chi connectivity index (χ2n) is 14.8. The summed E-state index contributed by atoms with van der Waals surface area (Å²) in [6.45, 7) is 6.71. The monoisotopic (exact) mass is 800 g/mol. The summed E-state index contributed by atoms with van der Waals surface area (Å²) in [7, 11) is 0. The standard InChI is InChI=1S/C50H56O9/c1-2-3-19-30-53-49-48(46(55-34-41-26-15-7-16-27-41)44(57-49)37-52-32-39-22-11-5-12-23-39)59-50-47(56-35-42-28-17-8-18-29-42)45(54-33-40-24-13-6-14-25-40)43(58-50)36-51-31-38-20-9-4-10-21-38/h2,4-18,20-29,43-50H,1,3,19,30-37H2/t43-,44-,45-,46-,47+,48+,49+,50-/m1/s1. The fourth-order valence-corrected chi connectivity index (χ4v) is 7.23. The van der Waals surface area contributed by atoms with Crippen LogP contribution in [0.5, 0.6) is 0 Å². The lowest BCUT2D eigenvalue weighted by molar-refractivity contribution is -0.255. The van der Waals surface area contributed by atoms with Crippen molar-refractivity contribution in [3.8, 4) is 0 Å². The van der Waals surface area contributed by atoms with E-state index >= 15 is 0 Å². The predicted molar refractivity (Wildman–Crippen MR) is 225 cm³/mol. The van der Waals surface area contributed by atoms with Gasteiger partial charge in [0.1, 0.15) is 36.6 Å². The van der Waals surface area contributed by atoms with Crippen LogP contribution in [0, 0.1) is 0 Å². The molecular weight excluding hydrogens is 745 g/mol. The third-order valence-electron chi connectivity index (χ3n) is 10.3. The first kappa shape index (κ1) is 42.6. The Morgan fingerprint density at radius 2 is 0.797 bits per heavy atom. The van der Waals surface area contributed by atoms with Crippen molar-refractivity contribution in [1.82, 2.24) is 0 Å². The van der Waals surface area contributed by atoms with E-state index in [1.165, 1.54) is 0 Å². The molecule has 0 aliphatic carbocycles. The van der Waals surface area contributed by atoms with E-state index < -0.39 is 49.2 Å². The van der Waals surface area contributed by atoms with E-state index in [0.717, 1.165) is 40.7 Å². The first-order valence-electron chi connectivity index (χ1n) is 20.6. The zero-order valence-electron chi connectivity index (χ0n) is 33.6. The largest absolute Gasteiger partial charge is 0.374 e. The number of ether oxygens (including phenoxy) is 9. The van der Waals surface area contributed by atoms with Gasteiger partial charge < -0.3 is 42.6 Å². The maximum absolute atomic E-state index is 7.08. The molecule has 8 atom stereocenters. The Morgan fingerprint density at radius 1 is 0.424 bits per heavy atom. The molecule has 59 heavy (non-hydrogen) atoms. The van der Waals surface area contributed by atoms with Crippen LogP contribution in [0.25, 0.3) is 0 Å². The second-order valence-corrected chi connectivity index (χ2v) is 14.8. The molecule has 5 aromatic rings. The van der Waals surface area contributed by atoms with Gasteiger partial charge in [0.25, 0.3) is 0 Å². The molecule has 9 heteroatoms. The molecule has 9 nitrogen and oxygen atoms in total. The minimum Gasteiger partial charge on any atom is -0.374 e. The van der Waals surface area contributed by atoms with Crippen LogP contribution in [0.2, 0.25) is 0 Å². The molecule has 2 saturated heterocycles. The molecule has 2 aliphatic rings. The molecule has 310 valence electrons. The molecule has 0 N–H and O–H groups in total. The van der Waals surface area contributed by atoms with Gasteiger partial charge in [0.15, 0.2) is 12.6 Å². The summed E-state index contributed by atoms with van der Waals surface area (Å²) in [6, 6.07) is 50.4. The Kier molecular flexibility index (Phi) is 16.8. The molecule has 0 spiro atoms. The molecule has 7 rings (SSSR count). The Balaban J connectivity index is 1.16. The zero-order valence-corrected chi connectivity index (χ0v) is 33.6. The highest BCUT2D eigenvalue weighted by molar-refractivity contribution is 5.17. The predicted octanol–water partition coefficient (Wildman–Crippen LogP) is 8.99. The van der Waals surface area contributed by atoms with E-state index in [1.54, 1.807) is 0 Å². The fourth-order valence-electron chi connectivity index (χ4n) is 7.23. The van der Waals surface area contributed by atoms with E-state index in [9.17, 15) is 0 Å². The summed E-state index contributed by atoms with van der Waals surface area (Å²) < 4.78 is 59.9. The van der Waals surface area contributed by atoms with E-state index in [1.807, 2.05) is 158 Å². The van der Waals surface area contributed by atoms with Gasteiger partial charge in [0, 0.05) is 0 Å². The quantitative estimate of drug-likeness (QED) is 0.0449. The number of unbranched alkanes of at least 4 members (excludes halogenated alkanes) is 1. The van der Waals surface area contributed by atoms with Crippen LogP contribution in [0.4, 0.5) is 0 Å².